The Balaban J connectivity index is 2.91. The molecule has 1 aromatic rings. The van der Waals surface area contributed by atoms with Crippen molar-refractivity contribution in [1.29, 1.82) is 5.41 Å². The summed E-state index contributed by atoms with van der Waals surface area (Å²) in [5.41, 5.74) is 2.69. The lowest BCUT2D eigenvalue weighted by molar-refractivity contribution is 0.589. The summed E-state index contributed by atoms with van der Waals surface area (Å²) in [6.07, 6.45) is 1.96. The van der Waals surface area contributed by atoms with Gasteiger partial charge < -0.3 is 10.7 Å². The molecule has 0 atom stereocenters. The molecule has 0 radical (unpaired) electrons. The SMILES string of the molecule is CC(C)/C(=C/C(=N)C(C)(C)C)Nc1ccccc1. The highest BCUT2D eigenvalue weighted by Gasteiger charge is 2.16. The molecule has 1 rings (SSSR count). The van der Waals surface area contributed by atoms with Gasteiger partial charge in [0.05, 0.1) is 0 Å². The van der Waals surface area contributed by atoms with Crippen LogP contribution in [0.3, 0.4) is 0 Å². The van der Waals surface area contributed by atoms with Crippen molar-refractivity contribution < 1.29 is 0 Å². The highest BCUT2D eigenvalue weighted by Crippen LogP contribution is 2.20. The van der Waals surface area contributed by atoms with E-state index < -0.39 is 0 Å². The van der Waals surface area contributed by atoms with Gasteiger partial charge in [0.15, 0.2) is 0 Å². The lowest BCUT2D eigenvalue weighted by atomic mass is 9.88. The zero-order valence-corrected chi connectivity index (χ0v) is 12.0. The topological polar surface area (TPSA) is 35.9 Å². The Kier molecular flexibility index (Phi) is 4.71. The van der Waals surface area contributed by atoms with Crippen molar-refractivity contribution in [2.24, 2.45) is 11.3 Å². The quantitative estimate of drug-likeness (QED) is 0.740. The lowest BCUT2D eigenvalue weighted by Gasteiger charge is -2.20. The van der Waals surface area contributed by atoms with Gasteiger partial charge in [-0.3, -0.25) is 0 Å². The summed E-state index contributed by atoms with van der Waals surface area (Å²) in [4.78, 5) is 0. The standard InChI is InChI=1S/C16H24N2/c1-12(2)14(11-15(17)16(3,4)5)18-13-9-7-6-8-10-13/h6-12,17-18H,1-5H3/b14-11-,17-15?. The molecule has 0 aromatic heterocycles. The van der Waals surface area contributed by atoms with Gasteiger partial charge >= 0.3 is 0 Å². The zero-order valence-electron chi connectivity index (χ0n) is 12.0. The fourth-order valence-corrected chi connectivity index (χ4v) is 1.41. The van der Waals surface area contributed by atoms with E-state index in [0.717, 1.165) is 11.4 Å². The van der Waals surface area contributed by atoms with Gasteiger partial charge in [0.1, 0.15) is 0 Å². The van der Waals surface area contributed by atoms with Crippen LogP contribution in [0.25, 0.3) is 0 Å². The summed E-state index contributed by atoms with van der Waals surface area (Å²) in [5, 5.41) is 11.5. The van der Waals surface area contributed by atoms with Gasteiger partial charge in [-0.25, -0.2) is 0 Å². The molecule has 0 aliphatic heterocycles. The monoisotopic (exact) mass is 244 g/mol. The van der Waals surface area contributed by atoms with Crippen LogP contribution < -0.4 is 5.32 Å². The van der Waals surface area contributed by atoms with Crippen molar-refractivity contribution in [3.63, 3.8) is 0 Å². The van der Waals surface area contributed by atoms with E-state index in [1.807, 2.05) is 36.4 Å². The average Bonchev–Trinajstić information content (AvgIpc) is 2.28. The maximum atomic E-state index is 8.11. The van der Waals surface area contributed by atoms with E-state index in [2.05, 4.69) is 39.9 Å². The Morgan fingerprint density at radius 1 is 1.17 bits per heavy atom. The minimum atomic E-state index is -0.113. The van der Waals surface area contributed by atoms with Gasteiger partial charge in [-0.15, -0.1) is 0 Å². The number of anilines is 1. The number of benzene rings is 1. The van der Waals surface area contributed by atoms with Crippen molar-refractivity contribution in [2.45, 2.75) is 34.6 Å². The average molecular weight is 244 g/mol. The summed E-state index contributed by atoms with van der Waals surface area (Å²) >= 11 is 0. The number of allylic oxidation sites excluding steroid dienone is 2. The Hall–Kier alpha value is -1.57. The van der Waals surface area contributed by atoms with Crippen molar-refractivity contribution in [3.05, 3.63) is 42.1 Å². The molecule has 0 fully saturated rings. The molecule has 18 heavy (non-hydrogen) atoms. The van der Waals surface area contributed by atoms with Gasteiger partial charge in [-0.1, -0.05) is 52.8 Å². The van der Waals surface area contributed by atoms with Crippen molar-refractivity contribution >= 4 is 11.4 Å². The van der Waals surface area contributed by atoms with Crippen LogP contribution in [0.15, 0.2) is 42.1 Å². The summed E-state index contributed by atoms with van der Waals surface area (Å²) in [5.74, 6) is 0.368. The number of hydrogen-bond donors (Lipinski definition) is 2. The lowest BCUT2D eigenvalue weighted by Crippen LogP contribution is -2.19. The molecule has 0 amide bonds. The van der Waals surface area contributed by atoms with Crippen LogP contribution in [0.1, 0.15) is 34.6 Å². The molecule has 0 spiro atoms. The van der Waals surface area contributed by atoms with E-state index in [0.29, 0.717) is 11.6 Å². The third-order valence-corrected chi connectivity index (χ3v) is 2.79. The first-order chi connectivity index (χ1) is 8.30. The van der Waals surface area contributed by atoms with E-state index in [1.54, 1.807) is 0 Å². The van der Waals surface area contributed by atoms with Crippen LogP contribution in [-0.4, -0.2) is 5.71 Å². The fraction of sp³-hybridized carbons (Fsp3) is 0.438. The van der Waals surface area contributed by atoms with Gasteiger partial charge in [-0.05, 0) is 24.1 Å². The molecule has 98 valence electrons. The second-order valence-electron chi connectivity index (χ2n) is 5.91. The molecule has 2 nitrogen and oxygen atoms in total. The Morgan fingerprint density at radius 2 is 1.72 bits per heavy atom. The first kappa shape index (κ1) is 14.5. The molecule has 0 heterocycles. The van der Waals surface area contributed by atoms with Crippen molar-refractivity contribution in [2.75, 3.05) is 5.32 Å². The Bertz CT molecular complexity index is 422. The number of para-hydroxylation sites is 1. The smallest absolute Gasteiger partial charge is 0.0384 e. The van der Waals surface area contributed by atoms with E-state index in [1.165, 1.54) is 0 Å². The van der Waals surface area contributed by atoms with Gasteiger partial charge in [-0.2, -0.15) is 0 Å². The molecule has 2 heteroatoms. The fourth-order valence-electron chi connectivity index (χ4n) is 1.41. The summed E-state index contributed by atoms with van der Waals surface area (Å²) < 4.78 is 0. The predicted octanol–water partition coefficient (Wildman–Crippen LogP) is 4.70. The van der Waals surface area contributed by atoms with Gasteiger partial charge in [0, 0.05) is 22.5 Å². The van der Waals surface area contributed by atoms with Crippen molar-refractivity contribution in [1.82, 2.24) is 0 Å². The van der Waals surface area contributed by atoms with Crippen LogP contribution in [0.2, 0.25) is 0 Å². The second kappa shape index (κ2) is 5.85. The minimum absolute atomic E-state index is 0.113. The number of hydrogen-bond acceptors (Lipinski definition) is 2. The Morgan fingerprint density at radius 3 is 2.17 bits per heavy atom. The molecule has 0 aliphatic rings. The highest BCUT2D eigenvalue weighted by molar-refractivity contribution is 5.97. The van der Waals surface area contributed by atoms with Gasteiger partial charge in [0.25, 0.3) is 0 Å². The Labute approximate surface area is 111 Å². The summed E-state index contributed by atoms with van der Waals surface area (Å²) in [7, 11) is 0. The molecule has 2 N–H and O–H groups in total. The predicted molar refractivity (Wildman–Crippen MR) is 80.2 cm³/mol. The summed E-state index contributed by atoms with van der Waals surface area (Å²) in [6, 6.07) is 10.1. The second-order valence-corrected chi connectivity index (χ2v) is 5.91. The molecule has 0 aliphatic carbocycles. The van der Waals surface area contributed by atoms with Gasteiger partial charge in [0.2, 0.25) is 0 Å². The minimum Gasteiger partial charge on any atom is -0.359 e. The van der Waals surface area contributed by atoms with E-state index in [4.69, 9.17) is 5.41 Å². The molecular formula is C16H24N2. The third-order valence-electron chi connectivity index (χ3n) is 2.79. The number of nitrogens with one attached hydrogen (secondary N) is 2. The van der Waals surface area contributed by atoms with Crippen LogP contribution in [-0.2, 0) is 0 Å². The van der Waals surface area contributed by atoms with Crippen LogP contribution >= 0.6 is 0 Å². The first-order valence-electron chi connectivity index (χ1n) is 6.43. The van der Waals surface area contributed by atoms with Crippen molar-refractivity contribution in [3.8, 4) is 0 Å². The molecule has 0 unspecified atom stereocenters. The highest BCUT2D eigenvalue weighted by atomic mass is 14.9. The normalized spacial score (nSPS) is 12.7. The molecule has 0 saturated carbocycles. The zero-order chi connectivity index (χ0) is 13.8. The van der Waals surface area contributed by atoms with E-state index in [-0.39, 0.29) is 5.41 Å². The summed E-state index contributed by atoms with van der Waals surface area (Å²) in [6.45, 7) is 10.5. The van der Waals surface area contributed by atoms with Crippen LogP contribution in [0, 0.1) is 16.7 Å². The van der Waals surface area contributed by atoms with Crippen LogP contribution in [0.5, 0.6) is 0 Å². The molecule has 0 bridgehead atoms. The largest absolute Gasteiger partial charge is 0.359 e. The number of rotatable bonds is 4. The first-order valence-corrected chi connectivity index (χ1v) is 6.43. The molecular weight excluding hydrogens is 220 g/mol. The van der Waals surface area contributed by atoms with E-state index in [9.17, 15) is 0 Å². The third kappa shape index (κ3) is 4.36. The van der Waals surface area contributed by atoms with Crippen LogP contribution in [0.4, 0.5) is 5.69 Å². The molecule has 1 aromatic carbocycles. The van der Waals surface area contributed by atoms with E-state index >= 15 is 0 Å². The maximum absolute atomic E-state index is 8.11. The maximum Gasteiger partial charge on any atom is 0.0384 e. The molecule has 0 saturated heterocycles.